The van der Waals surface area contributed by atoms with Crippen LogP contribution in [-0.4, -0.2) is 63.6 Å². The van der Waals surface area contributed by atoms with E-state index >= 15 is 0 Å². The molecular weight excluding hydrogens is 450 g/mol. The van der Waals surface area contributed by atoms with Gasteiger partial charge in [-0.1, -0.05) is 11.8 Å². The summed E-state index contributed by atoms with van der Waals surface area (Å²) < 4.78 is 23.9. The van der Waals surface area contributed by atoms with Crippen LogP contribution in [0.2, 0.25) is 0 Å². The summed E-state index contributed by atoms with van der Waals surface area (Å²) >= 11 is 0. The molecule has 1 aromatic heterocycles. The van der Waals surface area contributed by atoms with E-state index < -0.39 is 20.5 Å². The Kier molecular flexibility index (Phi) is 8.60. The molecule has 1 amide bonds. The fourth-order valence-corrected chi connectivity index (χ4v) is 3.89. The van der Waals surface area contributed by atoms with Gasteiger partial charge in [0.15, 0.2) is 14.6 Å². The normalized spacial score (nSPS) is 18.3. The number of amides is 1. The minimum absolute atomic E-state index is 0.0511. The Morgan fingerprint density at radius 1 is 1.39 bits per heavy atom. The van der Waals surface area contributed by atoms with Crippen molar-refractivity contribution in [3.63, 3.8) is 0 Å². The minimum atomic E-state index is -3.76. The third kappa shape index (κ3) is 6.56. The second-order valence-electron chi connectivity index (χ2n) is 7.77. The summed E-state index contributed by atoms with van der Waals surface area (Å²) in [6, 6.07) is 5.49. The van der Waals surface area contributed by atoms with Crippen molar-refractivity contribution in [2.24, 2.45) is 11.8 Å². The first kappa shape index (κ1) is 25.9. The van der Waals surface area contributed by atoms with Gasteiger partial charge >= 0.3 is 0 Å². The SMILES string of the molecule is CC(CCn1cc2cc(C#CC#CC3C[C@H]3CO)ccc2n1)(C(=O)NO)S(C)(=O)=O.O=CO. The number of carbonyl (C=O) groups excluding carboxylic acids is 1. The molecule has 0 spiro atoms. The van der Waals surface area contributed by atoms with Gasteiger partial charge in [0.1, 0.15) is 0 Å². The molecule has 3 atom stereocenters. The number of sulfone groups is 1. The zero-order chi connectivity index (χ0) is 24.6. The van der Waals surface area contributed by atoms with Gasteiger partial charge in [0, 0.05) is 42.5 Å². The van der Waals surface area contributed by atoms with Crippen LogP contribution < -0.4 is 5.48 Å². The summed E-state index contributed by atoms with van der Waals surface area (Å²) in [6.45, 7) is 1.36. The molecule has 33 heavy (non-hydrogen) atoms. The zero-order valence-electron chi connectivity index (χ0n) is 18.1. The molecule has 1 aliphatic rings. The molecule has 2 unspecified atom stereocenters. The number of aliphatic hydroxyl groups is 1. The fraction of sp³-hybridized carbons (Fsp3) is 0.409. The van der Waals surface area contributed by atoms with E-state index in [9.17, 15) is 13.2 Å². The van der Waals surface area contributed by atoms with Gasteiger partial charge in [-0.15, -0.1) is 0 Å². The largest absolute Gasteiger partial charge is 0.483 e. The summed E-state index contributed by atoms with van der Waals surface area (Å²) in [5, 5.41) is 30.0. The summed E-state index contributed by atoms with van der Waals surface area (Å²) in [5.74, 6) is 11.2. The maximum absolute atomic E-state index is 12.1. The molecule has 4 N–H and O–H groups in total. The van der Waals surface area contributed by atoms with Gasteiger partial charge in [0.25, 0.3) is 12.4 Å². The molecule has 1 saturated carbocycles. The van der Waals surface area contributed by atoms with Crippen molar-refractivity contribution >= 4 is 33.1 Å². The Hall–Kier alpha value is -3.38. The van der Waals surface area contributed by atoms with Crippen LogP contribution in [0.5, 0.6) is 0 Å². The molecule has 0 radical (unpaired) electrons. The third-order valence-electron chi connectivity index (χ3n) is 5.45. The van der Waals surface area contributed by atoms with Crippen LogP contribution in [0.3, 0.4) is 0 Å². The van der Waals surface area contributed by atoms with E-state index in [0.717, 1.165) is 23.6 Å². The summed E-state index contributed by atoms with van der Waals surface area (Å²) in [6.07, 6.45) is 3.59. The van der Waals surface area contributed by atoms with Crippen molar-refractivity contribution in [3.8, 4) is 23.7 Å². The number of nitrogens with zero attached hydrogens (tertiary/aromatic N) is 2. The van der Waals surface area contributed by atoms with Crippen LogP contribution in [-0.2, 0) is 26.0 Å². The summed E-state index contributed by atoms with van der Waals surface area (Å²) in [5.41, 5.74) is 2.92. The summed E-state index contributed by atoms with van der Waals surface area (Å²) in [4.78, 5) is 20.3. The smallest absolute Gasteiger partial charge is 0.290 e. The average Bonchev–Trinajstić information content (AvgIpc) is 3.41. The highest BCUT2D eigenvalue weighted by molar-refractivity contribution is 7.92. The first-order valence-corrected chi connectivity index (χ1v) is 11.8. The van der Waals surface area contributed by atoms with E-state index in [4.69, 9.17) is 20.2 Å². The second kappa shape index (κ2) is 11.0. The zero-order valence-corrected chi connectivity index (χ0v) is 19.0. The number of hydrogen-bond acceptors (Lipinski definition) is 7. The quantitative estimate of drug-likeness (QED) is 0.202. The molecule has 1 aromatic carbocycles. The molecule has 0 bridgehead atoms. The second-order valence-corrected chi connectivity index (χ2v) is 10.2. The number of hydrogen-bond donors (Lipinski definition) is 4. The van der Waals surface area contributed by atoms with Gasteiger partial charge in [-0.3, -0.25) is 19.5 Å². The van der Waals surface area contributed by atoms with Crippen LogP contribution in [0.1, 0.15) is 25.3 Å². The van der Waals surface area contributed by atoms with Crippen molar-refractivity contribution < 1.29 is 33.4 Å². The molecule has 1 heterocycles. The Morgan fingerprint density at radius 2 is 2.09 bits per heavy atom. The van der Waals surface area contributed by atoms with Gasteiger partial charge in [-0.2, -0.15) is 5.10 Å². The number of rotatable bonds is 6. The molecule has 3 rings (SSSR count). The number of benzene rings is 1. The van der Waals surface area contributed by atoms with Gasteiger partial charge in [0.2, 0.25) is 0 Å². The van der Waals surface area contributed by atoms with Gasteiger partial charge in [-0.05, 0) is 55.7 Å². The standard InChI is InChI=1S/C21H23N3O5S.CH2O2/c1-21(20(26)23-27,30(2,28)29)9-10-24-13-17-11-15(7-8-19(17)22-24)5-3-4-6-16-12-18(16)14-25;2-1-3/h7-8,11,13,16,18,25,27H,9-10,12,14H2,1-2H3,(H,23,26);1H,(H,2,3)/t16?,18-,21?;/m0./s1. The lowest BCUT2D eigenvalue weighted by atomic mass is 10.1. The van der Waals surface area contributed by atoms with Crippen LogP contribution in [0, 0.1) is 35.5 Å². The molecule has 11 heteroatoms. The first-order chi connectivity index (χ1) is 15.6. The van der Waals surface area contributed by atoms with Gasteiger partial charge in [0.05, 0.1) is 5.52 Å². The predicted molar refractivity (Wildman–Crippen MR) is 120 cm³/mol. The molecule has 10 nitrogen and oxygen atoms in total. The Labute approximate surface area is 191 Å². The number of carboxylic acid groups (broad SMARTS) is 1. The lowest BCUT2D eigenvalue weighted by Gasteiger charge is -2.24. The van der Waals surface area contributed by atoms with Gasteiger partial charge in [-0.25, -0.2) is 13.9 Å². The first-order valence-electron chi connectivity index (χ1n) is 9.91. The maximum Gasteiger partial charge on any atom is 0.290 e. The molecule has 176 valence electrons. The van der Waals surface area contributed by atoms with Crippen LogP contribution in [0.25, 0.3) is 10.9 Å². The Balaban J connectivity index is 0.00000122. The van der Waals surface area contributed by atoms with Crippen LogP contribution in [0.15, 0.2) is 24.4 Å². The molecule has 0 aliphatic heterocycles. The summed E-state index contributed by atoms with van der Waals surface area (Å²) in [7, 11) is -3.76. The number of carbonyl (C=O) groups is 2. The van der Waals surface area contributed by atoms with E-state index in [1.165, 1.54) is 12.4 Å². The monoisotopic (exact) mass is 475 g/mol. The highest BCUT2D eigenvalue weighted by Crippen LogP contribution is 2.36. The number of nitrogens with one attached hydrogen (secondary N) is 1. The molecule has 2 aromatic rings. The number of aryl methyl sites for hydroxylation is 1. The molecular formula is C22H25N3O7S. The van der Waals surface area contributed by atoms with Crippen molar-refractivity contribution in [1.82, 2.24) is 15.3 Å². The minimum Gasteiger partial charge on any atom is -0.483 e. The maximum atomic E-state index is 12.1. The highest BCUT2D eigenvalue weighted by Gasteiger charge is 2.43. The van der Waals surface area contributed by atoms with E-state index in [0.29, 0.717) is 5.52 Å². The number of fused-ring (bicyclic) bond motifs is 1. The van der Waals surface area contributed by atoms with Crippen LogP contribution in [0.4, 0.5) is 0 Å². The fourth-order valence-electron chi connectivity index (χ4n) is 3.04. The Bertz CT molecular complexity index is 1250. The van der Waals surface area contributed by atoms with Crippen LogP contribution >= 0.6 is 0 Å². The molecule has 0 saturated heterocycles. The van der Waals surface area contributed by atoms with Crippen molar-refractivity contribution in [3.05, 3.63) is 30.0 Å². The third-order valence-corrected chi connectivity index (χ3v) is 7.48. The van der Waals surface area contributed by atoms with Crippen molar-refractivity contribution in [2.75, 3.05) is 12.9 Å². The van der Waals surface area contributed by atoms with Crippen molar-refractivity contribution in [2.45, 2.75) is 31.1 Å². The number of aromatic nitrogens is 2. The molecule has 1 aliphatic carbocycles. The van der Waals surface area contributed by atoms with Crippen molar-refractivity contribution in [1.29, 1.82) is 0 Å². The molecule has 1 fully saturated rings. The average molecular weight is 476 g/mol. The van der Waals surface area contributed by atoms with E-state index in [1.54, 1.807) is 10.9 Å². The lowest BCUT2D eigenvalue weighted by molar-refractivity contribution is -0.131. The predicted octanol–water partition coefficient (Wildman–Crippen LogP) is 0.419. The lowest BCUT2D eigenvalue weighted by Crippen LogP contribution is -2.49. The number of aliphatic hydroxyl groups excluding tert-OH is 1. The van der Waals surface area contributed by atoms with E-state index in [-0.39, 0.29) is 37.9 Å². The van der Waals surface area contributed by atoms with E-state index in [1.807, 2.05) is 18.2 Å². The van der Waals surface area contributed by atoms with E-state index in [2.05, 4.69) is 28.8 Å². The topological polar surface area (TPSA) is 159 Å². The Morgan fingerprint density at radius 3 is 2.67 bits per heavy atom. The number of hydroxylamine groups is 1. The highest BCUT2D eigenvalue weighted by atomic mass is 32.2. The van der Waals surface area contributed by atoms with Gasteiger partial charge < -0.3 is 10.2 Å².